The third-order valence-electron chi connectivity index (χ3n) is 4.57. The van der Waals surface area contributed by atoms with Gasteiger partial charge in [0.05, 0.1) is 6.54 Å². The molecule has 0 aliphatic rings. The summed E-state index contributed by atoms with van der Waals surface area (Å²) >= 11 is 6.02. The van der Waals surface area contributed by atoms with Crippen LogP contribution in [0.4, 0.5) is 9.18 Å². The molecule has 0 saturated heterocycles. The third-order valence-corrected chi connectivity index (χ3v) is 4.93. The molecule has 2 aromatic carbocycles. The molecule has 0 radical (unpaired) electrons. The Labute approximate surface area is 165 Å². The number of halogens is 2. The minimum absolute atomic E-state index is 0.111. The van der Waals surface area contributed by atoms with Gasteiger partial charge in [-0.2, -0.15) is 0 Å². The van der Waals surface area contributed by atoms with Crippen LogP contribution in [0.2, 0.25) is 5.02 Å². The number of benzene rings is 2. The minimum atomic E-state index is -0.411. The zero-order valence-electron chi connectivity index (χ0n) is 16.1. The Kier molecular flexibility index (Phi) is 8.07. The average molecular weight is 392 g/mol. The number of nitrogens with one attached hydrogen (secondary N) is 1. The van der Waals surface area contributed by atoms with Crippen LogP contribution in [0.25, 0.3) is 0 Å². The molecular weight excluding hydrogens is 365 g/mol. The molecule has 0 saturated carbocycles. The van der Waals surface area contributed by atoms with E-state index in [1.807, 2.05) is 12.1 Å². The molecule has 2 aromatic rings. The molecule has 0 unspecified atom stereocenters. The molecular formula is C21H27ClFN3O. The highest BCUT2D eigenvalue weighted by atomic mass is 35.5. The van der Waals surface area contributed by atoms with Gasteiger partial charge in [-0.05, 0) is 36.3 Å². The van der Waals surface area contributed by atoms with Crippen molar-refractivity contribution in [1.82, 2.24) is 15.1 Å². The van der Waals surface area contributed by atoms with E-state index in [1.54, 1.807) is 19.2 Å². The summed E-state index contributed by atoms with van der Waals surface area (Å²) in [5.41, 5.74) is 2.58. The highest BCUT2D eigenvalue weighted by molar-refractivity contribution is 6.31. The zero-order valence-corrected chi connectivity index (χ0v) is 16.9. The van der Waals surface area contributed by atoms with Crippen LogP contribution in [-0.2, 0) is 19.6 Å². The number of hydrogen-bond donors (Lipinski definition) is 1. The van der Waals surface area contributed by atoms with Crippen molar-refractivity contribution in [3.8, 4) is 0 Å². The van der Waals surface area contributed by atoms with Gasteiger partial charge in [-0.25, -0.2) is 9.18 Å². The number of hydrogen-bond acceptors (Lipinski definition) is 2. The van der Waals surface area contributed by atoms with Crippen molar-refractivity contribution in [3.05, 3.63) is 70.0 Å². The Morgan fingerprint density at radius 1 is 1.04 bits per heavy atom. The maximum Gasteiger partial charge on any atom is 0.317 e. The maximum atomic E-state index is 13.9. The van der Waals surface area contributed by atoms with E-state index < -0.39 is 5.82 Å². The number of carbonyl (C=O) groups excluding carboxylic acids is 1. The first-order valence-electron chi connectivity index (χ1n) is 9.16. The number of rotatable bonds is 8. The number of amides is 2. The maximum absolute atomic E-state index is 13.9. The molecule has 0 spiro atoms. The predicted molar refractivity (Wildman–Crippen MR) is 108 cm³/mol. The Bertz CT molecular complexity index is 727. The largest absolute Gasteiger partial charge is 0.334 e. The quantitative estimate of drug-likeness (QED) is 0.710. The van der Waals surface area contributed by atoms with Gasteiger partial charge in [0.15, 0.2) is 0 Å². The fraction of sp³-hybridized carbons (Fsp3) is 0.381. The standard InChI is InChI=1S/C21H27ClFN3O/c1-4-26(5-2)14-17-11-9-16(10-12-17)13-24-21(27)25(3)15-18-19(22)7-6-8-20(18)23/h6-12H,4-5,13-15H2,1-3H3,(H,24,27). The summed E-state index contributed by atoms with van der Waals surface area (Å²) in [7, 11) is 1.62. The second kappa shape index (κ2) is 10.3. The second-order valence-corrected chi connectivity index (χ2v) is 6.90. The van der Waals surface area contributed by atoms with E-state index in [2.05, 4.69) is 36.2 Å². The van der Waals surface area contributed by atoms with Gasteiger partial charge >= 0.3 is 6.03 Å². The number of nitrogens with zero attached hydrogens (tertiary/aromatic N) is 2. The molecule has 0 aromatic heterocycles. The molecule has 0 fully saturated rings. The van der Waals surface area contributed by atoms with Gasteiger partial charge in [0.1, 0.15) is 5.82 Å². The van der Waals surface area contributed by atoms with Gasteiger partial charge in [-0.1, -0.05) is 55.8 Å². The first-order chi connectivity index (χ1) is 12.9. The summed E-state index contributed by atoms with van der Waals surface area (Å²) in [6.07, 6.45) is 0. The van der Waals surface area contributed by atoms with Crippen LogP contribution in [0.1, 0.15) is 30.5 Å². The number of urea groups is 1. The minimum Gasteiger partial charge on any atom is -0.334 e. The summed E-state index contributed by atoms with van der Waals surface area (Å²) in [6.45, 7) is 7.79. The average Bonchev–Trinajstić information content (AvgIpc) is 2.67. The summed E-state index contributed by atoms with van der Waals surface area (Å²) in [5.74, 6) is -0.411. The van der Waals surface area contributed by atoms with Gasteiger partial charge in [0.25, 0.3) is 0 Å². The first kappa shape index (κ1) is 21.2. The predicted octanol–water partition coefficient (Wildman–Crippen LogP) is 4.66. The van der Waals surface area contributed by atoms with Gasteiger partial charge < -0.3 is 10.2 Å². The molecule has 0 heterocycles. The van der Waals surface area contributed by atoms with Crippen molar-refractivity contribution in [1.29, 1.82) is 0 Å². The first-order valence-corrected chi connectivity index (χ1v) is 9.54. The van der Waals surface area contributed by atoms with Gasteiger partial charge in [0, 0.05) is 30.7 Å². The fourth-order valence-corrected chi connectivity index (χ4v) is 3.00. The van der Waals surface area contributed by atoms with Crippen LogP contribution in [0.3, 0.4) is 0 Å². The van der Waals surface area contributed by atoms with Crippen LogP contribution in [0.5, 0.6) is 0 Å². The van der Waals surface area contributed by atoms with E-state index >= 15 is 0 Å². The summed E-state index contributed by atoms with van der Waals surface area (Å²) in [6, 6.07) is 12.4. The molecule has 0 bridgehead atoms. The van der Waals surface area contributed by atoms with E-state index in [-0.39, 0.29) is 12.6 Å². The van der Waals surface area contributed by atoms with Crippen LogP contribution < -0.4 is 5.32 Å². The Balaban J connectivity index is 1.87. The van der Waals surface area contributed by atoms with E-state index in [0.29, 0.717) is 17.1 Å². The van der Waals surface area contributed by atoms with Crippen LogP contribution in [0, 0.1) is 5.82 Å². The monoisotopic (exact) mass is 391 g/mol. The van der Waals surface area contributed by atoms with E-state index in [9.17, 15) is 9.18 Å². The van der Waals surface area contributed by atoms with Crippen LogP contribution in [-0.4, -0.2) is 36.0 Å². The van der Waals surface area contributed by atoms with Gasteiger partial charge in [0.2, 0.25) is 0 Å². The molecule has 27 heavy (non-hydrogen) atoms. The fourth-order valence-electron chi connectivity index (χ4n) is 2.77. The third kappa shape index (κ3) is 6.22. The normalized spacial score (nSPS) is 10.9. The van der Waals surface area contributed by atoms with Crippen LogP contribution >= 0.6 is 11.6 Å². The lowest BCUT2D eigenvalue weighted by molar-refractivity contribution is 0.206. The highest BCUT2D eigenvalue weighted by Gasteiger charge is 2.14. The van der Waals surface area contributed by atoms with Crippen molar-refractivity contribution >= 4 is 17.6 Å². The lowest BCUT2D eigenvalue weighted by Crippen LogP contribution is -2.36. The molecule has 1 N–H and O–H groups in total. The highest BCUT2D eigenvalue weighted by Crippen LogP contribution is 2.20. The Morgan fingerprint density at radius 2 is 1.67 bits per heavy atom. The van der Waals surface area contributed by atoms with Crippen molar-refractivity contribution in [2.75, 3.05) is 20.1 Å². The molecule has 0 atom stereocenters. The summed E-state index contributed by atoms with van der Waals surface area (Å²) in [5, 5.41) is 3.17. The van der Waals surface area contributed by atoms with Gasteiger partial charge in [-0.15, -0.1) is 0 Å². The van der Waals surface area contributed by atoms with Crippen molar-refractivity contribution in [2.24, 2.45) is 0 Å². The Hall–Kier alpha value is -2.11. The molecule has 2 amide bonds. The molecule has 0 aliphatic heterocycles. The topological polar surface area (TPSA) is 35.6 Å². The Morgan fingerprint density at radius 3 is 2.26 bits per heavy atom. The second-order valence-electron chi connectivity index (χ2n) is 6.49. The lowest BCUT2D eigenvalue weighted by Gasteiger charge is -2.19. The summed E-state index contributed by atoms with van der Waals surface area (Å²) in [4.78, 5) is 16.0. The smallest absolute Gasteiger partial charge is 0.317 e. The molecule has 2 rings (SSSR count). The van der Waals surface area contributed by atoms with Crippen LogP contribution in [0.15, 0.2) is 42.5 Å². The SMILES string of the molecule is CCN(CC)Cc1ccc(CNC(=O)N(C)Cc2c(F)cccc2Cl)cc1. The lowest BCUT2D eigenvalue weighted by atomic mass is 10.1. The molecule has 4 nitrogen and oxygen atoms in total. The van der Waals surface area contributed by atoms with Gasteiger partial charge in [-0.3, -0.25) is 4.90 Å². The van der Waals surface area contributed by atoms with Crippen molar-refractivity contribution < 1.29 is 9.18 Å². The summed E-state index contributed by atoms with van der Waals surface area (Å²) < 4.78 is 13.9. The van der Waals surface area contributed by atoms with E-state index in [4.69, 9.17) is 11.6 Å². The van der Waals surface area contributed by atoms with Crippen molar-refractivity contribution in [2.45, 2.75) is 33.5 Å². The molecule has 0 aliphatic carbocycles. The van der Waals surface area contributed by atoms with E-state index in [1.165, 1.54) is 16.5 Å². The zero-order chi connectivity index (χ0) is 19.8. The number of carbonyl (C=O) groups is 1. The van der Waals surface area contributed by atoms with E-state index in [0.717, 1.165) is 25.2 Å². The molecule has 6 heteroatoms. The molecule has 146 valence electrons. The van der Waals surface area contributed by atoms with Crippen molar-refractivity contribution in [3.63, 3.8) is 0 Å².